The molecule has 27 heavy (non-hydrogen) atoms. The first kappa shape index (κ1) is 20.7. The van der Waals surface area contributed by atoms with Crippen LogP contribution < -0.4 is 10.1 Å². The molecule has 0 unspecified atom stereocenters. The van der Waals surface area contributed by atoms with Crippen LogP contribution in [0.3, 0.4) is 0 Å². The van der Waals surface area contributed by atoms with Gasteiger partial charge in [-0.3, -0.25) is 4.79 Å². The summed E-state index contributed by atoms with van der Waals surface area (Å²) in [4.78, 5) is 24.0. The molecule has 0 aliphatic carbocycles. The Morgan fingerprint density at radius 2 is 1.85 bits per heavy atom. The number of anilines is 1. The molecule has 2 rings (SSSR count). The second-order valence-electron chi connectivity index (χ2n) is 5.97. The topological polar surface area (TPSA) is 64.6 Å². The van der Waals surface area contributed by atoms with Crippen molar-refractivity contribution in [3.63, 3.8) is 0 Å². The van der Waals surface area contributed by atoms with Gasteiger partial charge < -0.3 is 14.8 Å². The van der Waals surface area contributed by atoms with Gasteiger partial charge in [-0.2, -0.15) is 0 Å². The molecule has 0 saturated heterocycles. The number of esters is 1. The van der Waals surface area contributed by atoms with Crippen molar-refractivity contribution in [1.29, 1.82) is 0 Å². The van der Waals surface area contributed by atoms with E-state index < -0.39 is 0 Å². The third kappa shape index (κ3) is 6.57. The SMILES string of the molecule is CCOc1ccc(Br)cc1C=CC(=O)Nc1ccc(C(=O)OC(C)C)cc1. The zero-order valence-corrected chi connectivity index (χ0v) is 17.1. The van der Waals surface area contributed by atoms with E-state index in [0.717, 1.165) is 10.0 Å². The molecule has 0 spiro atoms. The van der Waals surface area contributed by atoms with Crippen molar-refractivity contribution >= 4 is 39.6 Å². The fourth-order valence-corrected chi connectivity index (χ4v) is 2.64. The second-order valence-corrected chi connectivity index (χ2v) is 6.88. The lowest BCUT2D eigenvalue weighted by Crippen LogP contribution is -2.12. The Labute approximate surface area is 167 Å². The third-order valence-electron chi connectivity index (χ3n) is 3.42. The molecule has 0 heterocycles. The van der Waals surface area contributed by atoms with Crippen LogP contribution >= 0.6 is 15.9 Å². The molecular weight excluding hydrogens is 410 g/mol. The summed E-state index contributed by atoms with van der Waals surface area (Å²) in [6, 6.07) is 12.2. The van der Waals surface area contributed by atoms with E-state index in [0.29, 0.717) is 23.6 Å². The van der Waals surface area contributed by atoms with E-state index >= 15 is 0 Å². The van der Waals surface area contributed by atoms with E-state index in [1.165, 1.54) is 6.08 Å². The zero-order chi connectivity index (χ0) is 19.8. The third-order valence-corrected chi connectivity index (χ3v) is 3.91. The number of carbonyl (C=O) groups excluding carboxylic acids is 2. The van der Waals surface area contributed by atoms with E-state index in [9.17, 15) is 9.59 Å². The van der Waals surface area contributed by atoms with E-state index in [-0.39, 0.29) is 18.0 Å². The highest BCUT2D eigenvalue weighted by Gasteiger charge is 2.09. The second kappa shape index (κ2) is 9.92. The molecule has 2 aromatic rings. The van der Waals surface area contributed by atoms with Crippen molar-refractivity contribution in [2.45, 2.75) is 26.9 Å². The monoisotopic (exact) mass is 431 g/mol. The van der Waals surface area contributed by atoms with Crippen LogP contribution in [0.4, 0.5) is 5.69 Å². The van der Waals surface area contributed by atoms with Crippen LogP contribution in [0.25, 0.3) is 6.08 Å². The van der Waals surface area contributed by atoms with Gasteiger partial charge in [-0.1, -0.05) is 15.9 Å². The highest BCUT2D eigenvalue weighted by molar-refractivity contribution is 9.10. The van der Waals surface area contributed by atoms with Gasteiger partial charge in [0.15, 0.2) is 0 Å². The predicted octanol–water partition coefficient (Wildman–Crippen LogP) is 5.06. The highest BCUT2D eigenvalue weighted by Crippen LogP contribution is 2.24. The zero-order valence-electron chi connectivity index (χ0n) is 15.5. The maximum atomic E-state index is 12.2. The number of ether oxygens (including phenoxy) is 2. The van der Waals surface area contributed by atoms with Crippen molar-refractivity contribution in [2.75, 3.05) is 11.9 Å². The fourth-order valence-electron chi connectivity index (χ4n) is 2.26. The van der Waals surface area contributed by atoms with Gasteiger partial charge in [0, 0.05) is 21.8 Å². The molecule has 1 amide bonds. The van der Waals surface area contributed by atoms with Gasteiger partial charge in [-0.15, -0.1) is 0 Å². The van der Waals surface area contributed by atoms with Gasteiger partial charge in [-0.25, -0.2) is 4.79 Å². The Morgan fingerprint density at radius 3 is 2.48 bits per heavy atom. The Morgan fingerprint density at radius 1 is 1.15 bits per heavy atom. The maximum Gasteiger partial charge on any atom is 0.338 e. The molecule has 0 aromatic heterocycles. The molecule has 0 radical (unpaired) electrons. The number of amides is 1. The lowest BCUT2D eigenvalue weighted by molar-refractivity contribution is -0.111. The molecule has 0 fully saturated rings. The number of nitrogens with one attached hydrogen (secondary N) is 1. The van der Waals surface area contributed by atoms with Crippen LogP contribution in [0.5, 0.6) is 5.75 Å². The van der Waals surface area contributed by atoms with Gasteiger partial charge in [0.25, 0.3) is 0 Å². The predicted molar refractivity (Wildman–Crippen MR) is 110 cm³/mol. The fraction of sp³-hybridized carbons (Fsp3) is 0.238. The summed E-state index contributed by atoms with van der Waals surface area (Å²) in [5.41, 5.74) is 1.82. The number of hydrogen-bond acceptors (Lipinski definition) is 4. The summed E-state index contributed by atoms with van der Waals surface area (Å²) in [7, 11) is 0. The minimum atomic E-state index is -0.388. The molecule has 2 aromatic carbocycles. The minimum absolute atomic E-state index is 0.179. The quantitative estimate of drug-likeness (QED) is 0.491. The maximum absolute atomic E-state index is 12.2. The van der Waals surface area contributed by atoms with Crippen LogP contribution in [-0.4, -0.2) is 24.6 Å². The number of carbonyl (C=O) groups is 2. The smallest absolute Gasteiger partial charge is 0.338 e. The van der Waals surface area contributed by atoms with Crippen LogP contribution in [0.15, 0.2) is 53.0 Å². The molecule has 0 atom stereocenters. The molecule has 0 aliphatic rings. The molecule has 5 nitrogen and oxygen atoms in total. The van der Waals surface area contributed by atoms with Gasteiger partial charge in [0.05, 0.1) is 18.3 Å². The number of hydrogen-bond donors (Lipinski definition) is 1. The average Bonchev–Trinajstić information content (AvgIpc) is 2.62. The molecule has 0 saturated carbocycles. The van der Waals surface area contributed by atoms with Crippen LogP contribution in [0.2, 0.25) is 0 Å². The first-order chi connectivity index (χ1) is 12.9. The summed E-state index contributed by atoms with van der Waals surface area (Å²) in [6.07, 6.45) is 2.95. The van der Waals surface area contributed by atoms with Gasteiger partial charge in [-0.05, 0) is 69.3 Å². The lowest BCUT2D eigenvalue weighted by atomic mass is 10.2. The van der Waals surface area contributed by atoms with Crippen molar-refractivity contribution in [2.24, 2.45) is 0 Å². The van der Waals surface area contributed by atoms with E-state index in [1.54, 1.807) is 44.2 Å². The number of halogens is 1. The Kier molecular flexibility index (Phi) is 7.61. The van der Waals surface area contributed by atoms with Gasteiger partial charge in [0.1, 0.15) is 5.75 Å². The molecule has 6 heteroatoms. The van der Waals surface area contributed by atoms with Crippen molar-refractivity contribution in [3.8, 4) is 5.75 Å². The van der Waals surface area contributed by atoms with Crippen molar-refractivity contribution in [1.82, 2.24) is 0 Å². The standard InChI is InChI=1S/C21H22BrNO4/c1-4-26-19-11-8-17(22)13-16(19)7-12-20(24)23-18-9-5-15(6-10-18)21(25)27-14(2)3/h5-14H,4H2,1-3H3,(H,23,24). The molecule has 1 N–H and O–H groups in total. The van der Waals surface area contributed by atoms with Crippen molar-refractivity contribution < 1.29 is 19.1 Å². The summed E-state index contributed by atoms with van der Waals surface area (Å²) in [6.45, 7) is 6.03. The average molecular weight is 432 g/mol. The lowest BCUT2D eigenvalue weighted by Gasteiger charge is -2.09. The largest absolute Gasteiger partial charge is 0.493 e. The van der Waals surface area contributed by atoms with Crippen molar-refractivity contribution in [3.05, 3.63) is 64.1 Å². The number of rotatable bonds is 7. The molecule has 0 aliphatic heterocycles. The summed E-state index contributed by atoms with van der Waals surface area (Å²) < 4.78 is 11.6. The minimum Gasteiger partial charge on any atom is -0.493 e. The summed E-state index contributed by atoms with van der Waals surface area (Å²) in [5, 5.41) is 2.75. The molecular formula is C21H22BrNO4. The van der Waals surface area contributed by atoms with Gasteiger partial charge >= 0.3 is 5.97 Å². The molecule has 142 valence electrons. The highest BCUT2D eigenvalue weighted by atomic mass is 79.9. The van der Waals surface area contributed by atoms with E-state index in [2.05, 4.69) is 21.2 Å². The normalized spacial score (nSPS) is 10.9. The van der Waals surface area contributed by atoms with Gasteiger partial charge in [0.2, 0.25) is 5.91 Å². The first-order valence-corrected chi connectivity index (χ1v) is 9.40. The van der Waals surface area contributed by atoms with Crippen LogP contribution in [-0.2, 0) is 9.53 Å². The van der Waals surface area contributed by atoms with Crippen LogP contribution in [0.1, 0.15) is 36.7 Å². The Hall–Kier alpha value is -2.60. The van der Waals surface area contributed by atoms with Crippen LogP contribution in [0, 0.1) is 0 Å². The first-order valence-electron chi connectivity index (χ1n) is 8.61. The molecule has 0 bridgehead atoms. The summed E-state index contributed by atoms with van der Waals surface area (Å²) >= 11 is 3.41. The number of benzene rings is 2. The summed E-state index contributed by atoms with van der Waals surface area (Å²) in [5.74, 6) is 0.0357. The van der Waals surface area contributed by atoms with E-state index in [1.807, 2.05) is 25.1 Å². The van der Waals surface area contributed by atoms with E-state index in [4.69, 9.17) is 9.47 Å². The Balaban J connectivity index is 2.02. The Bertz CT molecular complexity index is 829.